The number of hydrogen-bond donors (Lipinski definition) is 2. The lowest BCUT2D eigenvalue weighted by molar-refractivity contribution is -0.143. The number of anilines is 1. The number of imide groups is 1. The highest BCUT2D eigenvalue weighted by Gasteiger charge is 2.58. The van der Waals surface area contributed by atoms with Crippen molar-refractivity contribution in [1.29, 1.82) is 0 Å². The quantitative estimate of drug-likeness (QED) is 0.131. The van der Waals surface area contributed by atoms with Gasteiger partial charge >= 0.3 is 19.5 Å². The highest BCUT2D eigenvalue weighted by atomic mass is 19.4. The molecule has 0 spiro atoms. The molecule has 2 aliphatic heterocycles. The van der Waals surface area contributed by atoms with E-state index in [9.17, 15) is 46.1 Å². The first-order chi connectivity index (χ1) is 23.2. The molecule has 2 saturated heterocycles. The Morgan fingerprint density at radius 3 is 2.10 bits per heavy atom. The maximum Gasteiger partial charge on any atom is 0.487 e. The highest BCUT2D eigenvalue weighted by molar-refractivity contribution is 6.53. The lowest BCUT2D eigenvalue weighted by Gasteiger charge is -2.42. The van der Waals surface area contributed by atoms with Crippen LogP contribution in [0.15, 0.2) is 96.0 Å². The summed E-state index contributed by atoms with van der Waals surface area (Å²) in [6.45, 7) is -0.129. The van der Waals surface area contributed by atoms with Crippen molar-refractivity contribution in [1.82, 2.24) is 0 Å². The molecule has 1 aliphatic carbocycles. The van der Waals surface area contributed by atoms with Gasteiger partial charge in [-0.2, -0.15) is 26.3 Å². The predicted molar refractivity (Wildman–Crippen MR) is 165 cm³/mol. The first kappa shape index (κ1) is 32.7. The van der Waals surface area contributed by atoms with Gasteiger partial charge in [0.15, 0.2) is 0 Å². The summed E-state index contributed by atoms with van der Waals surface area (Å²) in [6.07, 6.45) is -11.4. The number of phenols is 1. The Morgan fingerprint density at radius 2 is 1.45 bits per heavy atom. The number of carbonyl (C=O) groups is 2. The number of nitrogens with zero attached hydrogens (tertiary/aromatic N) is 1. The topological polar surface area (TPSA) is 96.3 Å². The minimum atomic E-state index is -5.20. The summed E-state index contributed by atoms with van der Waals surface area (Å²) < 4.78 is 94.6. The zero-order chi connectivity index (χ0) is 34.8. The van der Waals surface area contributed by atoms with Crippen LogP contribution in [0, 0.1) is 17.8 Å². The van der Waals surface area contributed by atoms with E-state index in [-0.39, 0.29) is 36.7 Å². The monoisotopic (exact) mass is 681 g/mol. The van der Waals surface area contributed by atoms with Gasteiger partial charge in [-0.1, -0.05) is 48.5 Å². The van der Waals surface area contributed by atoms with Gasteiger partial charge in [-0.3, -0.25) is 9.59 Å². The molecule has 2 heterocycles. The average molecular weight is 681 g/mol. The molecule has 3 aliphatic rings. The van der Waals surface area contributed by atoms with Gasteiger partial charge in [0, 0.05) is 5.39 Å². The van der Waals surface area contributed by atoms with Gasteiger partial charge in [0.1, 0.15) is 18.1 Å². The third kappa shape index (κ3) is 5.82. The molecule has 4 aromatic rings. The summed E-state index contributed by atoms with van der Waals surface area (Å²) in [5.74, 6) is -4.75. The van der Waals surface area contributed by atoms with Crippen LogP contribution in [0.4, 0.5) is 32.0 Å². The van der Waals surface area contributed by atoms with Gasteiger partial charge in [-0.05, 0) is 77.2 Å². The maximum atomic E-state index is 14.2. The van der Waals surface area contributed by atoms with E-state index in [1.54, 1.807) is 60.7 Å². The molecule has 7 rings (SSSR count). The smallest absolute Gasteiger partial charge is 0.487 e. The lowest BCUT2D eigenvalue weighted by atomic mass is 9.55. The van der Waals surface area contributed by atoms with Gasteiger partial charge in [-0.25, -0.2) is 4.90 Å². The first-order valence-corrected chi connectivity index (χ1v) is 15.3. The average Bonchev–Trinajstić information content (AvgIpc) is 3.32. The summed E-state index contributed by atoms with van der Waals surface area (Å²) in [5.41, 5.74) is -2.89. The van der Waals surface area contributed by atoms with Gasteiger partial charge in [0.05, 0.1) is 34.8 Å². The second-order valence-electron chi connectivity index (χ2n) is 12.3. The van der Waals surface area contributed by atoms with Gasteiger partial charge in [0.2, 0.25) is 11.8 Å². The molecular formula is C35H26BF6NO6. The number of alkyl halides is 6. The van der Waals surface area contributed by atoms with Crippen LogP contribution >= 0.6 is 0 Å². The highest BCUT2D eigenvalue weighted by Crippen LogP contribution is 2.53. The van der Waals surface area contributed by atoms with Crippen molar-refractivity contribution in [2.24, 2.45) is 17.8 Å². The number of carbonyl (C=O) groups excluding carboxylic acids is 2. The minimum absolute atomic E-state index is 0.000827. The largest absolute Gasteiger partial charge is 0.507 e. The number of amides is 2. The number of ether oxygens (including phenoxy) is 1. The SMILES string of the molecule is O=C1[C@H]2[C@H](CC(COc3ccccc3)=C3B(O)O[C@H](c4ccc(O)c5ccccc45)C[C@H]32)C(=O)N1c1cc(C(F)(F)F)cc(C(F)(F)F)c1. The second kappa shape index (κ2) is 12.0. The van der Waals surface area contributed by atoms with Crippen LogP contribution in [0.25, 0.3) is 10.8 Å². The molecular weight excluding hydrogens is 655 g/mol. The molecule has 2 amide bonds. The van der Waals surface area contributed by atoms with Gasteiger partial charge < -0.3 is 19.5 Å². The third-order valence-corrected chi connectivity index (χ3v) is 9.48. The van der Waals surface area contributed by atoms with E-state index in [0.29, 0.717) is 44.7 Å². The van der Waals surface area contributed by atoms with Gasteiger partial charge in [0.25, 0.3) is 0 Å². The van der Waals surface area contributed by atoms with Gasteiger partial charge in [-0.15, -0.1) is 0 Å². The molecule has 0 saturated carbocycles. The zero-order valence-corrected chi connectivity index (χ0v) is 25.3. The number of halogens is 6. The molecule has 49 heavy (non-hydrogen) atoms. The number of hydrogen-bond acceptors (Lipinski definition) is 6. The normalized spacial score (nSPS) is 22.8. The van der Waals surface area contributed by atoms with Crippen LogP contribution in [0.3, 0.4) is 0 Å². The van der Waals surface area contributed by atoms with Crippen molar-refractivity contribution in [3.05, 3.63) is 113 Å². The second-order valence-corrected chi connectivity index (χ2v) is 12.3. The lowest BCUT2D eigenvalue weighted by Crippen LogP contribution is -2.45. The fourth-order valence-corrected chi connectivity index (χ4v) is 7.34. The molecule has 4 aromatic carbocycles. The summed E-state index contributed by atoms with van der Waals surface area (Å²) in [4.78, 5) is 28.5. The number of para-hydroxylation sites is 1. The third-order valence-electron chi connectivity index (χ3n) is 9.48. The maximum absolute atomic E-state index is 14.2. The van der Waals surface area contributed by atoms with Crippen molar-refractivity contribution >= 4 is 35.4 Å². The molecule has 0 unspecified atom stereocenters. The molecule has 0 aromatic heterocycles. The Bertz CT molecular complexity index is 1970. The predicted octanol–water partition coefficient (Wildman–Crippen LogP) is 7.27. The number of phenolic OH excluding ortho intramolecular Hbond substituents is 1. The molecule has 0 radical (unpaired) electrons. The Hall–Kier alpha value is -4.82. The van der Waals surface area contributed by atoms with E-state index in [1.807, 2.05) is 0 Å². The fraction of sp³-hybridized carbons (Fsp3) is 0.257. The van der Waals surface area contributed by atoms with Crippen molar-refractivity contribution in [2.45, 2.75) is 31.3 Å². The summed E-state index contributed by atoms with van der Waals surface area (Å²) >= 11 is 0. The van der Waals surface area contributed by atoms with Crippen LogP contribution in [-0.4, -0.2) is 35.7 Å². The van der Waals surface area contributed by atoms with Crippen molar-refractivity contribution in [2.75, 3.05) is 11.5 Å². The molecule has 2 N–H and O–H groups in total. The van der Waals surface area contributed by atoms with E-state index in [1.165, 1.54) is 6.07 Å². The molecule has 7 nitrogen and oxygen atoms in total. The van der Waals surface area contributed by atoms with E-state index in [2.05, 4.69) is 0 Å². The molecule has 14 heteroatoms. The molecule has 0 bridgehead atoms. The van der Waals surface area contributed by atoms with Crippen LogP contribution in [0.2, 0.25) is 0 Å². The number of aromatic hydroxyl groups is 1. The van der Waals surface area contributed by atoms with E-state index >= 15 is 0 Å². The molecule has 2 fully saturated rings. The molecule has 4 atom stereocenters. The Morgan fingerprint density at radius 1 is 0.816 bits per heavy atom. The fourth-order valence-electron chi connectivity index (χ4n) is 7.34. The van der Waals surface area contributed by atoms with Crippen molar-refractivity contribution in [3.63, 3.8) is 0 Å². The van der Waals surface area contributed by atoms with Crippen molar-refractivity contribution in [3.8, 4) is 11.5 Å². The standard InChI is InChI=1S/C35H26BF6NO6/c37-34(38,39)19-13-20(35(40,41)42)15-21(14-19)43-32(45)27-12-18(17-48-22-6-2-1-3-7-22)31-26(30(27)33(43)46)16-29(49-36(31)47)25-10-11-28(44)24-9-5-4-8-23(24)25/h1-11,13-15,26-27,29-30,44,47H,12,16-17H2/t26-,27-,29-,30+/m0/s1. The van der Waals surface area contributed by atoms with E-state index in [0.717, 1.165) is 0 Å². The number of rotatable bonds is 5. The van der Waals surface area contributed by atoms with Crippen LogP contribution < -0.4 is 9.64 Å². The Kier molecular flexibility index (Phi) is 7.98. The summed E-state index contributed by atoms with van der Waals surface area (Å²) in [5, 5.41) is 23.0. The van der Waals surface area contributed by atoms with E-state index < -0.39 is 72.0 Å². The van der Waals surface area contributed by atoms with Crippen LogP contribution in [-0.2, 0) is 26.6 Å². The van der Waals surface area contributed by atoms with E-state index in [4.69, 9.17) is 9.39 Å². The number of fused-ring (bicyclic) bond motifs is 4. The Balaban J connectivity index is 1.32. The first-order valence-electron chi connectivity index (χ1n) is 15.3. The summed E-state index contributed by atoms with van der Waals surface area (Å²) in [6, 6.07) is 19.2. The van der Waals surface area contributed by atoms with Crippen molar-refractivity contribution < 1.29 is 55.5 Å². The number of benzene rings is 4. The van der Waals surface area contributed by atoms with Crippen LogP contribution in [0.5, 0.6) is 11.5 Å². The van der Waals surface area contributed by atoms with Crippen LogP contribution in [0.1, 0.15) is 35.6 Å². The molecule has 252 valence electrons. The Labute approximate surface area is 275 Å². The zero-order valence-electron chi connectivity index (χ0n) is 25.3. The number of allylic oxidation sites excluding steroid dienone is 1. The minimum Gasteiger partial charge on any atom is -0.507 e. The summed E-state index contributed by atoms with van der Waals surface area (Å²) in [7, 11) is -1.59.